The van der Waals surface area contributed by atoms with E-state index in [9.17, 15) is 28.1 Å². The Hall–Kier alpha value is -5.99. The average molecular weight is 742 g/mol. The molecule has 0 radical (unpaired) electrons. The number of alkyl carbamates (subject to hydrolysis) is 1. The van der Waals surface area contributed by atoms with Crippen molar-refractivity contribution in [3.05, 3.63) is 141 Å². The molecule has 53 heavy (non-hydrogen) atoms. The van der Waals surface area contributed by atoms with Gasteiger partial charge in [0.15, 0.2) is 0 Å². The number of fused-ring (bicyclic) bond motifs is 1. The second-order valence-corrected chi connectivity index (χ2v) is 13.9. The van der Waals surface area contributed by atoms with Crippen LogP contribution >= 0.6 is 0 Å². The van der Waals surface area contributed by atoms with Gasteiger partial charge in [-0.1, -0.05) is 42.0 Å². The Kier molecular flexibility index (Phi) is 12.3. The Labute approximate surface area is 306 Å². The monoisotopic (exact) mass is 741 g/mol. The number of nitrogens with two attached hydrogens (primary N) is 1. The summed E-state index contributed by atoms with van der Waals surface area (Å²) in [6, 6.07) is 27.0. The molecule has 5 aromatic rings. The lowest BCUT2D eigenvalue weighted by molar-refractivity contribution is -0.384. The van der Waals surface area contributed by atoms with E-state index in [-0.39, 0.29) is 36.9 Å². The van der Waals surface area contributed by atoms with Crippen LogP contribution in [0, 0.1) is 17.0 Å². The molecule has 0 heterocycles. The summed E-state index contributed by atoms with van der Waals surface area (Å²) >= 11 is 0. The van der Waals surface area contributed by atoms with Gasteiger partial charge in [-0.05, 0) is 96.3 Å². The molecule has 0 spiro atoms. The topological polar surface area (TPSA) is 186 Å². The third kappa shape index (κ3) is 10.3. The molecule has 1 atom stereocenters. The van der Waals surface area contributed by atoms with E-state index < -0.39 is 32.9 Å². The fourth-order valence-electron chi connectivity index (χ4n) is 5.60. The number of primary sulfonamides is 1. The van der Waals surface area contributed by atoms with Crippen LogP contribution in [0.2, 0.25) is 0 Å². The number of nitrogens with one attached hydrogen (secondary N) is 1. The molecule has 5 rings (SSSR count). The van der Waals surface area contributed by atoms with Gasteiger partial charge in [0.2, 0.25) is 10.0 Å². The SMILES string of the molecule is COc1ccc2cc([C@H](C)C(=O)OCc3cc(C)cc(COC(=O)NCCc4ccc(S(N)(=O)=O)cc4)c3OCc3ccc([N+](=O)[O-])cc3)ccc2c1. The molecule has 276 valence electrons. The first-order chi connectivity index (χ1) is 25.3. The van der Waals surface area contributed by atoms with E-state index in [1.807, 2.05) is 49.4 Å². The number of amides is 1. The van der Waals surface area contributed by atoms with Crippen molar-refractivity contribution in [3.8, 4) is 11.5 Å². The zero-order valence-electron chi connectivity index (χ0n) is 29.4. The molecular formula is C39H39N3O10S. The van der Waals surface area contributed by atoms with E-state index in [1.165, 1.54) is 24.3 Å². The molecule has 0 aromatic heterocycles. The minimum atomic E-state index is -3.81. The van der Waals surface area contributed by atoms with E-state index in [1.54, 1.807) is 44.4 Å². The standard InChI is InChI=1S/C39H39N3O10S/c1-25-18-32(23-51-38(43)26(2)29-8-9-31-21-35(49-3)13-10-30(31)20-29)37(50-22-28-4-11-34(12-5-28)42(45)46)33(19-25)24-52-39(44)41-17-16-27-6-14-36(15-7-27)53(40,47)48/h4-15,18-21,26H,16-17,22-24H2,1-3H3,(H,41,44)(H2,40,47,48)/t26-/m0/s1. The van der Waals surface area contributed by atoms with Crippen molar-refractivity contribution in [2.45, 2.75) is 50.9 Å². The van der Waals surface area contributed by atoms with Gasteiger partial charge in [-0.25, -0.2) is 18.4 Å². The van der Waals surface area contributed by atoms with Crippen LogP contribution in [0.4, 0.5) is 10.5 Å². The quantitative estimate of drug-likeness (QED) is 0.0672. The number of hydrogen-bond acceptors (Lipinski definition) is 10. The summed E-state index contributed by atoms with van der Waals surface area (Å²) in [5.41, 5.74) is 4.03. The van der Waals surface area contributed by atoms with Gasteiger partial charge in [-0.2, -0.15) is 0 Å². The molecule has 0 aliphatic rings. The highest BCUT2D eigenvalue weighted by atomic mass is 32.2. The first kappa shape index (κ1) is 38.2. The minimum Gasteiger partial charge on any atom is -0.497 e. The molecule has 5 aromatic carbocycles. The smallest absolute Gasteiger partial charge is 0.407 e. The molecule has 0 saturated heterocycles. The van der Waals surface area contributed by atoms with Gasteiger partial charge in [-0.3, -0.25) is 14.9 Å². The van der Waals surface area contributed by atoms with Crippen LogP contribution < -0.4 is 19.9 Å². The van der Waals surface area contributed by atoms with Gasteiger partial charge in [0.1, 0.15) is 31.3 Å². The van der Waals surface area contributed by atoms with Crippen molar-refractivity contribution < 1.29 is 41.9 Å². The Morgan fingerprint density at radius 3 is 2.09 bits per heavy atom. The highest BCUT2D eigenvalue weighted by molar-refractivity contribution is 7.89. The summed E-state index contributed by atoms with van der Waals surface area (Å²) in [5.74, 6) is 0.0587. The number of aryl methyl sites for hydroxylation is 1. The summed E-state index contributed by atoms with van der Waals surface area (Å²) in [5, 5.41) is 20.9. The van der Waals surface area contributed by atoms with E-state index >= 15 is 0 Å². The van der Waals surface area contributed by atoms with Crippen molar-refractivity contribution in [2.75, 3.05) is 13.7 Å². The summed E-state index contributed by atoms with van der Waals surface area (Å²) in [6.07, 6.45) is -0.278. The third-order valence-electron chi connectivity index (χ3n) is 8.51. The summed E-state index contributed by atoms with van der Waals surface area (Å²) < 4.78 is 45.9. The Morgan fingerprint density at radius 2 is 1.45 bits per heavy atom. The number of non-ortho nitro benzene ring substituents is 1. The van der Waals surface area contributed by atoms with Crippen molar-refractivity contribution >= 4 is 38.5 Å². The molecule has 3 N–H and O–H groups in total. The predicted molar refractivity (Wildman–Crippen MR) is 197 cm³/mol. The maximum Gasteiger partial charge on any atom is 0.407 e. The number of esters is 1. The van der Waals surface area contributed by atoms with Gasteiger partial charge in [0.25, 0.3) is 5.69 Å². The number of nitrogens with zero attached hydrogens (tertiary/aromatic N) is 1. The molecule has 1 amide bonds. The number of methoxy groups -OCH3 is 1. The van der Waals surface area contributed by atoms with Gasteiger partial charge >= 0.3 is 12.1 Å². The zero-order valence-corrected chi connectivity index (χ0v) is 30.2. The Morgan fingerprint density at radius 1 is 0.830 bits per heavy atom. The number of sulfonamides is 1. The average Bonchev–Trinajstić information content (AvgIpc) is 3.14. The van der Waals surface area contributed by atoms with Crippen molar-refractivity contribution in [1.82, 2.24) is 5.32 Å². The summed E-state index contributed by atoms with van der Waals surface area (Å²) in [6.45, 7) is 3.56. The Balaban J connectivity index is 1.28. The molecule has 0 fully saturated rings. The number of benzene rings is 5. The Bertz CT molecular complexity index is 2220. The zero-order chi connectivity index (χ0) is 38.1. The molecular weight excluding hydrogens is 703 g/mol. The molecule has 13 nitrogen and oxygen atoms in total. The molecule has 0 unspecified atom stereocenters. The number of hydrogen-bond donors (Lipinski definition) is 2. The first-order valence-corrected chi connectivity index (χ1v) is 18.1. The van der Waals surface area contributed by atoms with Crippen LogP contribution in [-0.2, 0) is 50.5 Å². The second kappa shape index (κ2) is 17.0. The number of rotatable bonds is 15. The van der Waals surface area contributed by atoms with E-state index in [0.717, 1.165) is 33.2 Å². The van der Waals surface area contributed by atoms with Gasteiger partial charge < -0.3 is 24.3 Å². The van der Waals surface area contributed by atoms with Crippen LogP contribution in [0.1, 0.15) is 46.2 Å². The molecule has 0 bridgehead atoms. The number of carbonyl (C=O) groups excluding carboxylic acids is 2. The fraction of sp³-hybridized carbons (Fsp3) is 0.231. The lowest BCUT2D eigenvalue weighted by Gasteiger charge is -2.19. The van der Waals surface area contributed by atoms with Crippen molar-refractivity contribution in [3.63, 3.8) is 0 Å². The minimum absolute atomic E-state index is 0.00591. The van der Waals surface area contributed by atoms with Gasteiger partial charge in [-0.15, -0.1) is 0 Å². The first-order valence-electron chi connectivity index (χ1n) is 16.6. The summed E-state index contributed by atoms with van der Waals surface area (Å²) in [4.78, 5) is 36.6. The number of nitro benzene ring substituents is 1. The van der Waals surface area contributed by atoms with E-state index in [4.69, 9.17) is 24.1 Å². The van der Waals surface area contributed by atoms with Crippen LogP contribution in [0.15, 0.2) is 102 Å². The lowest BCUT2D eigenvalue weighted by atomic mass is 9.98. The van der Waals surface area contributed by atoms with Crippen LogP contribution in [0.3, 0.4) is 0 Å². The van der Waals surface area contributed by atoms with Gasteiger partial charge in [0, 0.05) is 29.8 Å². The van der Waals surface area contributed by atoms with Crippen LogP contribution in [0.25, 0.3) is 10.8 Å². The van der Waals surface area contributed by atoms with Crippen molar-refractivity contribution in [1.29, 1.82) is 0 Å². The van der Waals surface area contributed by atoms with Crippen molar-refractivity contribution in [2.24, 2.45) is 5.14 Å². The summed E-state index contributed by atoms with van der Waals surface area (Å²) in [7, 11) is -2.20. The van der Waals surface area contributed by atoms with Crippen LogP contribution in [-0.4, -0.2) is 39.1 Å². The molecule has 0 aliphatic carbocycles. The number of nitro groups is 1. The number of carbonyl (C=O) groups is 2. The molecule has 0 aliphatic heterocycles. The highest BCUT2D eigenvalue weighted by Gasteiger charge is 2.21. The maximum absolute atomic E-state index is 13.3. The highest BCUT2D eigenvalue weighted by Crippen LogP contribution is 2.31. The predicted octanol–water partition coefficient (Wildman–Crippen LogP) is 6.61. The van der Waals surface area contributed by atoms with Crippen LogP contribution in [0.5, 0.6) is 11.5 Å². The maximum atomic E-state index is 13.3. The lowest BCUT2D eigenvalue weighted by Crippen LogP contribution is -2.26. The molecule has 14 heteroatoms. The van der Waals surface area contributed by atoms with E-state index in [2.05, 4.69) is 5.32 Å². The molecule has 0 saturated carbocycles. The third-order valence-corrected chi connectivity index (χ3v) is 9.44. The largest absolute Gasteiger partial charge is 0.497 e. The van der Waals surface area contributed by atoms with Gasteiger partial charge in [0.05, 0.1) is 22.8 Å². The second-order valence-electron chi connectivity index (χ2n) is 12.4. The fourth-order valence-corrected chi connectivity index (χ4v) is 6.11. The normalized spacial score (nSPS) is 11.8. The van der Waals surface area contributed by atoms with E-state index in [0.29, 0.717) is 28.9 Å². The number of ether oxygens (including phenoxy) is 4.